The molecule has 0 aliphatic carbocycles. The first-order valence-corrected chi connectivity index (χ1v) is 9.39. The minimum atomic E-state index is -4.63. The van der Waals surface area contributed by atoms with Gasteiger partial charge < -0.3 is 14.5 Å². The number of hydrogen-bond acceptors (Lipinski definition) is 6. The van der Waals surface area contributed by atoms with E-state index < -0.39 is 11.7 Å². The Morgan fingerprint density at radius 3 is 2.10 bits per heavy atom. The SMILES string of the molecule is CCOc1ccc(N(C)c2ncc(C(F)(F)F)c(N(C)c3ccc(C#N)cc3)n2)cc1. The third kappa shape index (κ3) is 4.86. The Kier molecular flexibility index (Phi) is 6.30. The third-order valence-electron chi connectivity index (χ3n) is 4.60. The Balaban J connectivity index is 2.00. The molecule has 0 radical (unpaired) electrons. The molecule has 6 nitrogen and oxygen atoms in total. The number of anilines is 4. The number of nitriles is 1. The summed E-state index contributed by atoms with van der Waals surface area (Å²) in [5.74, 6) is 0.502. The van der Waals surface area contributed by atoms with Gasteiger partial charge in [0.25, 0.3) is 0 Å². The smallest absolute Gasteiger partial charge is 0.421 e. The second-order valence-corrected chi connectivity index (χ2v) is 6.61. The molecule has 0 fully saturated rings. The van der Waals surface area contributed by atoms with Crippen molar-refractivity contribution in [3.63, 3.8) is 0 Å². The first-order chi connectivity index (χ1) is 14.7. The summed E-state index contributed by atoms with van der Waals surface area (Å²) in [6.07, 6.45) is -3.85. The largest absolute Gasteiger partial charge is 0.494 e. The number of aromatic nitrogens is 2. The van der Waals surface area contributed by atoms with Crippen LogP contribution in [-0.2, 0) is 6.18 Å². The zero-order chi connectivity index (χ0) is 22.6. The van der Waals surface area contributed by atoms with Crippen molar-refractivity contribution in [1.29, 1.82) is 5.26 Å². The molecule has 0 amide bonds. The number of nitrogens with zero attached hydrogens (tertiary/aromatic N) is 5. The Hall–Kier alpha value is -3.80. The van der Waals surface area contributed by atoms with Gasteiger partial charge >= 0.3 is 6.18 Å². The van der Waals surface area contributed by atoms with Crippen LogP contribution in [0.15, 0.2) is 54.7 Å². The predicted molar refractivity (Wildman–Crippen MR) is 112 cm³/mol. The highest BCUT2D eigenvalue weighted by molar-refractivity contribution is 5.66. The number of ether oxygens (including phenoxy) is 1. The standard InChI is InChI=1S/C22H20F3N5O/c1-4-31-18-11-9-17(10-12-18)30(3)21-27-14-19(22(23,24)25)20(28-21)29(2)16-7-5-15(13-26)6-8-16/h5-12,14H,4H2,1-3H3. The average Bonchev–Trinajstić information content (AvgIpc) is 2.78. The lowest BCUT2D eigenvalue weighted by molar-refractivity contribution is -0.137. The van der Waals surface area contributed by atoms with Gasteiger partial charge in [0, 0.05) is 31.7 Å². The van der Waals surface area contributed by atoms with Crippen LogP contribution in [0.4, 0.5) is 36.3 Å². The molecule has 0 N–H and O–H groups in total. The van der Waals surface area contributed by atoms with Crippen LogP contribution in [0.3, 0.4) is 0 Å². The van der Waals surface area contributed by atoms with E-state index in [-0.39, 0.29) is 11.8 Å². The van der Waals surface area contributed by atoms with Gasteiger partial charge in [-0.05, 0) is 55.5 Å². The van der Waals surface area contributed by atoms with Crippen molar-refractivity contribution in [3.8, 4) is 11.8 Å². The van der Waals surface area contributed by atoms with Gasteiger partial charge in [0.15, 0.2) is 5.82 Å². The monoisotopic (exact) mass is 427 g/mol. The molecule has 3 aromatic rings. The molecule has 0 spiro atoms. The van der Waals surface area contributed by atoms with Crippen LogP contribution >= 0.6 is 0 Å². The zero-order valence-electron chi connectivity index (χ0n) is 17.2. The zero-order valence-corrected chi connectivity index (χ0v) is 17.2. The Bertz CT molecular complexity index is 1080. The van der Waals surface area contributed by atoms with E-state index in [2.05, 4.69) is 9.97 Å². The van der Waals surface area contributed by atoms with E-state index in [1.807, 2.05) is 13.0 Å². The Morgan fingerprint density at radius 2 is 1.55 bits per heavy atom. The van der Waals surface area contributed by atoms with Crippen molar-refractivity contribution < 1.29 is 17.9 Å². The fourth-order valence-corrected chi connectivity index (χ4v) is 2.91. The molecular weight excluding hydrogens is 407 g/mol. The second-order valence-electron chi connectivity index (χ2n) is 6.61. The highest BCUT2D eigenvalue weighted by Gasteiger charge is 2.37. The van der Waals surface area contributed by atoms with Crippen LogP contribution in [0, 0.1) is 11.3 Å². The van der Waals surface area contributed by atoms with Crippen LogP contribution in [0.1, 0.15) is 18.1 Å². The van der Waals surface area contributed by atoms with Gasteiger partial charge in [-0.3, -0.25) is 0 Å². The van der Waals surface area contributed by atoms with E-state index in [0.29, 0.717) is 29.3 Å². The molecule has 0 aliphatic heterocycles. The maximum absolute atomic E-state index is 13.6. The highest BCUT2D eigenvalue weighted by atomic mass is 19.4. The predicted octanol–water partition coefficient (Wildman–Crippen LogP) is 5.30. The van der Waals surface area contributed by atoms with Gasteiger partial charge in [0.2, 0.25) is 5.95 Å². The first kappa shape index (κ1) is 21.9. The molecule has 0 atom stereocenters. The summed E-state index contributed by atoms with van der Waals surface area (Å²) in [6.45, 7) is 2.41. The van der Waals surface area contributed by atoms with Gasteiger partial charge in [0.05, 0.1) is 18.2 Å². The molecule has 0 bridgehead atoms. The van der Waals surface area contributed by atoms with E-state index >= 15 is 0 Å². The van der Waals surface area contributed by atoms with E-state index in [9.17, 15) is 13.2 Å². The lowest BCUT2D eigenvalue weighted by Gasteiger charge is -2.25. The summed E-state index contributed by atoms with van der Waals surface area (Å²) in [7, 11) is 3.16. The number of hydrogen-bond donors (Lipinski definition) is 0. The molecule has 3 rings (SSSR count). The normalized spacial score (nSPS) is 11.0. The van der Waals surface area contributed by atoms with Crippen molar-refractivity contribution in [2.75, 3.05) is 30.5 Å². The van der Waals surface area contributed by atoms with Crippen molar-refractivity contribution in [2.24, 2.45) is 0 Å². The average molecular weight is 427 g/mol. The van der Waals surface area contributed by atoms with Crippen molar-refractivity contribution in [1.82, 2.24) is 9.97 Å². The van der Waals surface area contributed by atoms with Crippen LogP contribution in [0.5, 0.6) is 5.75 Å². The number of halogens is 3. The minimum absolute atomic E-state index is 0.104. The molecule has 1 heterocycles. The number of benzene rings is 2. The first-order valence-electron chi connectivity index (χ1n) is 9.39. The van der Waals surface area contributed by atoms with Crippen LogP contribution in [-0.4, -0.2) is 30.7 Å². The molecule has 0 aliphatic rings. The van der Waals surface area contributed by atoms with Crippen molar-refractivity contribution in [3.05, 3.63) is 65.9 Å². The fourth-order valence-electron chi connectivity index (χ4n) is 2.91. The number of alkyl halides is 3. The molecule has 9 heteroatoms. The van der Waals surface area contributed by atoms with E-state index in [0.717, 1.165) is 6.20 Å². The summed E-state index contributed by atoms with van der Waals surface area (Å²) < 4.78 is 46.3. The fraction of sp³-hybridized carbons (Fsp3) is 0.227. The summed E-state index contributed by atoms with van der Waals surface area (Å²) in [4.78, 5) is 11.1. The van der Waals surface area contributed by atoms with Gasteiger partial charge in [-0.2, -0.15) is 23.4 Å². The van der Waals surface area contributed by atoms with Crippen LogP contribution in [0.2, 0.25) is 0 Å². The summed E-state index contributed by atoms with van der Waals surface area (Å²) in [6, 6.07) is 15.3. The van der Waals surface area contributed by atoms with E-state index in [1.54, 1.807) is 48.3 Å². The Labute approximate surface area is 178 Å². The molecule has 0 saturated heterocycles. The molecule has 0 unspecified atom stereocenters. The number of rotatable bonds is 6. The van der Waals surface area contributed by atoms with Gasteiger partial charge in [-0.15, -0.1) is 0 Å². The summed E-state index contributed by atoms with van der Waals surface area (Å²) >= 11 is 0. The maximum Gasteiger partial charge on any atom is 0.421 e. The van der Waals surface area contributed by atoms with Crippen molar-refractivity contribution >= 4 is 23.1 Å². The topological polar surface area (TPSA) is 65.3 Å². The highest BCUT2D eigenvalue weighted by Crippen LogP contribution is 2.38. The van der Waals surface area contributed by atoms with E-state index in [1.165, 1.54) is 24.1 Å². The summed E-state index contributed by atoms with van der Waals surface area (Å²) in [5.41, 5.74) is 0.600. The van der Waals surface area contributed by atoms with Gasteiger partial charge in [0.1, 0.15) is 11.3 Å². The second kappa shape index (κ2) is 8.92. The summed E-state index contributed by atoms with van der Waals surface area (Å²) in [5, 5.41) is 8.94. The van der Waals surface area contributed by atoms with Gasteiger partial charge in [-0.1, -0.05) is 0 Å². The molecule has 0 saturated carbocycles. The molecule has 1 aromatic heterocycles. The lowest BCUT2D eigenvalue weighted by atomic mass is 10.2. The van der Waals surface area contributed by atoms with E-state index in [4.69, 9.17) is 10.00 Å². The Morgan fingerprint density at radius 1 is 0.968 bits per heavy atom. The third-order valence-corrected chi connectivity index (χ3v) is 4.60. The quantitative estimate of drug-likeness (QED) is 0.532. The molecule has 31 heavy (non-hydrogen) atoms. The minimum Gasteiger partial charge on any atom is -0.494 e. The van der Waals surface area contributed by atoms with Crippen LogP contribution in [0.25, 0.3) is 0 Å². The van der Waals surface area contributed by atoms with Crippen LogP contribution < -0.4 is 14.5 Å². The van der Waals surface area contributed by atoms with Gasteiger partial charge in [-0.25, -0.2) is 4.98 Å². The van der Waals surface area contributed by atoms with Crippen molar-refractivity contribution in [2.45, 2.75) is 13.1 Å². The lowest BCUT2D eigenvalue weighted by Crippen LogP contribution is -2.21. The maximum atomic E-state index is 13.6. The molecular formula is C22H20F3N5O. The molecule has 160 valence electrons. The molecule has 2 aromatic carbocycles.